The second kappa shape index (κ2) is 3.02. The molecule has 2 aromatic rings. The molecule has 0 aliphatic heterocycles. The summed E-state index contributed by atoms with van der Waals surface area (Å²) in [5.41, 5.74) is 6.33. The van der Waals surface area contributed by atoms with E-state index in [1.54, 1.807) is 18.2 Å². The molecule has 0 saturated carbocycles. The first-order chi connectivity index (χ1) is 6.70. The van der Waals surface area contributed by atoms with Crippen molar-refractivity contribution < 1.29 is 4.39 Å². The monoisotopic (exact) mass is 192 g/mol. The summed E-state index contributed by atoms with van der Waals surface area (Å²) in [6.07, 6.45) is 1.34. The van der Waals surface area contributed by atoms with E-state index in [0.717, 1.165) is 4.68 Å². The van der Waals surface area contributed by atoms with Gasteiger partial charge in [-0.15, -0.1) is 0 Å². The third kappa shape index (κ3) is 1.19. The second-order valence-corrected chi connectivity index (χ2v) is 2.87. The first-order valence-corrected chi connectivity index (χ1v) is 4.03. The van der Waals surface area contributed by atoms with E-state index in [2.05, 4.69) is 4.98 Å². The highest BCUT2D eigenvalue weighted by Gasteiger charge is 2.11. The Morgan fingerprint density at radius 2 is 2.00 bits per heavy atom. The van der Waals surface area contributed by atoms with E-state index in [4.69, 9.17) is 11.6 Å². The Labute approximate surface area is 79.9 Å². The van der Waals surface area contributed by atoms with Crippen molar-refractivity contribution in [2.24, 2.45) is 0 Å². The average Bonchev–Trinajstić information content (AvgIpc) is 2.49. The second-order valence-electron chi connectivity index (χ2n) is 2.87. The fourth-order valence-corrected chi connectivity index (χ4v) is 1.23. The first-order valence-electron chi connectivity index (χ1n) is 4.03. The third-order valence-electron chi connectivity index (χ3n) is 1.96. The number of nitrogens with two attached hydrogens (primary N) is 2. The molecule has 0 spiro atoms. The molecule has 72 valence electrons. The summed E-state index contributed by atoms with van der Waals surface area (Å²) in [6, 6.07) is 6.28. The van der Waals surface area contributed by atoms with Crippen molar-refractivity contribution in [1.82, 2.24) is 9.66 Å². The maximum atomic E-state index is 13.3. The number of nitrogens with zero attached hydrogens (tertiary/aromatic N) is 2. The van der Waals surface area contributed by atoms with Crippen LogP contribution < -0.4 is 11.6 Å². The smallest absolute Gasteiger partial charge is 0.150 e. The van der Waals surface area contributed by atoms with Crippen molar-refractivity contribution in [3.05, 3.63) is 36.4 Å². The van der Waals surface area contributed by atoms with Gasteiger partial charge in [-0.3, -0.25) is 0 Å². The molecule has 2 rings (SSSR count). The lowest BCUT2D eigenvalue weighted by atomic mass is 10.1. The van der Waals surface area contributed by atoms with Gasteiger partial charge in [0.25, 0.3) is 0 Å². The molecule has 0 amide bonds. The SMILES string of the molecule is Nc1c(-c2ccccc2F)ncn1N. The van der Waals surface area contributed by atoms with Gasteiger partial charge in [0.2, 0.25) is 0 Å². The van der Waals surface area contributed by atoms with Gasteiger partial charge in [-0.2, -0.15) is 0 Å². The molecular formula is C9H9FN4. The largest absolute Gasteiger partial charge is 0.382 e. The molecule has 14 heavy (non-hydrogen) atoms. The lowest BCUT2D eigenvalue weighted by Gasteiger charge is -2.00. The molecule has 0 aliphatic carbocycles. The highest BCUT2D eigenvalue weighted by atomic mass is 19.1. The lowest BCUT2D eigenvalue weighted by molar-refractivity contribution is 0.631. The van der Waals surface area contributed by atoms with E-state index in [0.29, 0.717) is 11.3 Å². The standard InChI is InChI=1S/C9H9FN4/c10-7-4-2-1-3-6(7)8-9(11)14(12)5-13-8/h1-5H,11-12H2. The number of nitrogen functional groups attached to an aromatic ring is 2. The minimum atomic E-state index is -0.363. The average molecular weight is 192 g/mol. The van der Waals surface area contributed by atoms with Crippen LogP contribution in [0.1, 0.15) is 0 Å². The summed E-state index contributed by atoms with van der Waals surface area (Å²) in [7, 11) is 0. The van der Waals surface area contributed by atoms with E-state index >= 15 is 0 Å². The van der Waals surface area contributed by atoms with Crippen LogP contribution >= 0.6 is 0 Å². The van der Waals surface area contributed by atoms with Crippen LogP contribution in [-0.2, 0) is 0 Å². The van der Waals surface area contributed by atoms with Crippen molar-refractivity contribution in [1.29, 1.82) is 0 Å². The van der Waals surface area contributed by atoms with Crippen molar-refractivity contribution >= 4 is 5.82 Å². The van der Waals surface area contributed by atoms with E-state index in [1.807, 2.05) is 0 Å². The minimum Gasteiger partial charge on any atom is -0.382 e. The van der Waals surface area contributed by atoms with Crippen LogP contribution in [0.2, 0.25) is 0 Å². The number of hydrogen-bond acceptors (Lipinski definition) is 3. The van der Waals surface area contributed by atoms with Crippen molar-refractivity contribution in [2.75, 3.05) is 11.6 Å². The fourth-order valence-electron chi connectivity index (χ4n) is 1.23. The van der Waals surface area contributed by atoms with Crippen LogP contribution in [0.25, 0.3) is 11.3 Å². The normalized spacial score (nSPS) is 10.4. The molecular weight excluding hydrogens is 183 g/mol. The van der Waals surface area contributed by atoms with E-state index in [-0.39, 0.29) is 11.6 Å². The van der Waals surface area contributed by atoms with Gasteiger partial charge in [-0.25, -0.2) is 14.1 Å². The predicted molar refractivity (Wildman–Crippen MR) is 52.2 cm³/mol. The summed E-state index contributed by atoms with van der Waals surface area (Å²) in [5, 5.41) is 0. The molecule has 0 unspecified atom stereocenters. The van der Waals surface area contributed by atoms with Crippen molar-refractivity contribution in [3.63, 3.8) is 0 Å². The van der Waals surface area contributed by atoms with Gasteiger partial charge in [-0.1, -0.05) is 12.1 Å². The molecule has 0 radical (unpaired) electrons. The van der Waals surface area contributed by atoms with Gasteiger partial charge in [0.15, 0.2) is 5.82 Å². The summed E-state index contributed by atoms with van der Waals surface area (Å²) >= 11 is 0. The Morgan fingerprint density at radius 1 is 1.29 bits per heavy atom. The number of benzene rings is 1. The number of imidazole rings is 1. The maximum Gasteiger partial charge on any atom is 0.150 e. The Morgan fingerprint density at radius 3 is 2.57 bits per heavy atom. The van der Waals surface area contributed by atoms with Gasteiger partial charge < -0.3 is 11.6 Å². The molecule has 0 saturated heterocycles. The van der Waals surface area contributed by atoms with Crippen LogP contribution in [0.5, 0.6) is 0 Å². The summed E-state index contributed by atoms with van der Waals surface area (Å²) in [5.74, 6) is 5.32. The molecule has 1 aromatic carbocycles. The van der Waals surface area contributed by atoms with Gasteiger partial charge >= 0.3 is 0 Å². The van der Waals surface area contributed by atoms with Crippen molar-refractivity contribution in [3.8, 4) is 11.3 Å². The first kappa shape index (κ1) is 8.55. The zero-order chi connectivity index (χ0) is 10.1. The minimum absolute atomic E-state index is 0.245. The molecule has 0 aliphatic rings. The van der Waals surface area contributed by atoms with Crippen LogP contribution in [0.4, 0.5) is 10.2 Å². The van der Waals surface area contributed by atoms with Gasteiger partial charge in [0.05, 0.1) is 0 Å². The molecule has 0 bridgehead atoms. The van der Waals surface area contributed by atoms with Crippen LogP contribution in [0, 0.1) is 5.82 Å². The van der Waals surface area contributed by atoms with E-state index in [9.17, 15) is 4.39 Å². The molecule has 4 N–H and O–H groups in total. The van der Waals surface area contributed by atoms with Gasteiger partial charge in [0, 0.05) is 5.56 Å². The third-order valence-corrected chi connectivity index (χ3v) is 1.96. The summed E-state index contributed by atoms with van der Waals surface area (Å²) in [4.78, 5) is 3.92. The van der Waals surface area contributed by atoms with Gasteiger partial charge in [-0.05, 0) is 12.1 Å². The number of anilines is 1. The number of halogens is 1. The topological polar surface area (TPSA) is 69.9 Å². The molecule has 0 atom stereocenters. The maximum absolute atomic E-state index is 13.3. The molecule has 0 fully saturated rings. The Hall–Kier alpha value is -2.04. The highest BCUT2D eigenvalue weighted by molar-refractivity contribution is 5.70. The quantitative estimate of drug-likeness (QED) is 0.662. The van der Waals surface area contributed by atoms with Gasteiger partial charge in [0.1, 0.15) is 17.8 Å². The van der Waals surface area contributed by atoms with Crippen LogP contribution in [-0.4, -0.2) is 9.66 Å². The predicted octanol–water partition coefficient (Wildman–Crippen LogP) is 0.985. The van der Waals surface area contributed by atoms with Crippen molar-refractivity contribution in [2.45, 2.75) is 0 Å². The molecule has 5 heteroatoms. The zero-order valence-electron chi connectivity index (χ0n) is 7.31. The molecule has 1 aromatic heterocycles. The Bertz CT molecular complexity index is 464. The Kier molecular flexibility index (Phi) is 1.85. The highest BCUT2D eigenvalue weighted by Crippen LogP contribution is 2.25. The molecule has 4 nitrogen and oxygen atoms in total. The Balaban J connectivity index is 2.60. The van der Waals surface area contributed by atoms with E-state index < -0.39 is 0 Å². The van der Waals surface area contributed by atoms with E-state index in [1.165, 1.54) is 12.4 Å². The number of rotatable bonds is 1. The summed E-state index contributed by atoms with van der Waals surface area (Å²) < 4.78 is 14.5. The zero-order valence-corrected chi connectivity index (χ0v) is 7.31. The fraction of sp³-hybridized carbons (Fsp3) is 0. The number of aromatic nitrogens is 2. The van der Waals surface area contributed by atoms with Crippen LogP contribution in [0.3, 0.4) is 0 Å². The summed E-state index contributed by atoms with van der Waals surface area (Å²) in [6.45, 7) is 0. The number of hydrogen-bond donors (Lipinski definition) is 2. The molecule has 1 heterocycles. The van der Waals surface area contributed by atoms with Crippen LogP contribution in [0.15, 0.2) is 30.6 Å². The lowest BCUT2D eigenvalue weighted by Crippen LogP contribution is -2.10.